The minimum Gasteiger partial charge on any atom is -0.475 e. The van der Waals surface area contributed by atoms with Gasteiger partial charge in [0, 0.05) is 5.56 Å². The van der Waals surface area contributed by atoms with Crippen molar-refractivity contribution in [2.45, 2.75) is 39.0 Å². The Morgan fingerprint density at radius 1 is 1.36 bits per heavy atom. The fourth-order valence-corrected chi connectivity index (χ4v) is 2.19. The Morgan fingerprint density at radius 3 is 2.59 bits per heavy atom. The number of carbonyl (C=O) groups is 1. The largest absolute Gasteiger partial charge is 0.475 e. The van der Waals surface area contributed by atoms with Crippen LogP contribution in [0.2, 0.25) is 0 Å². The molecule has 0 spiro atoms. The van der Waals surface area contributed by atoms with Crippen LogP contribution in [0.25, 0.3) is 6.08 Å². The van der Waals surface area contributed by atoms with Crippen molar-refractivity contribution in [3.8, 4) is 5.75 Å². The van der Waals surface area contributed by atoms with Crippen LogP contribution in [-0.4, -0.2) is 24.9 Å². The van der Waals surface area contributed by atoms with E-state index in [1.54, 1.807) is 18.2 Å². The van der Waals surface area contributed by atoms with Crippen molar-refractivity contribution in [1.82, 2.24) is 0 Å². The van der Waals surface area contributed by atoms with Crippen LogP contribution in [-0.2, 0) is 9.53 Å². The fraction of sp³-hybridized carbons (Fsp3) is 0.438. The summed E-state index contributed by atoms with van der Waals surface area (Å²) >= 11 is 0. The van der Waals surface area contributed by atoms with E-state index in [1.807, 2.05) is 13.8 Å². The molecule has 120 valence electrons. The average molecular weight is 314 g/mol. The number of halogens is 3. The van der Waals surface area contributed by atoms with Crippen molar-refractivity contribution in [3.63, 3.8) is 0 Å². The molecule has 1 atom stereocenters. The monoisotopic (exact) mass is 314 g/mol. The second-order valence-corrected chi connectivity index (χ2v) is 5.31. The molecule has 0 saturated carbocycles. The smallest absolute Gasteiger partial charge is 0.430 e. The Labute approximate surface area is 126 Å². The molecule has 2 rings (SSSR count). The second-order valence-electron chi connectivity index (χ2n) is 5.31. The standard InChI is InChI=1S/C16H17F3O3/c1-4-21-15(20)12-7-11-6-5-10(9(2)3)8-13(11)22-14(12)16(17,18)19/h5-9,14H,4H2,1-3H3. The average Bonchev–Trinajstić information content (AvgIpc) is 2.44. The molecule has 0 saturated heterocycles. The summed E-state index contributed by atoms with van der Waals surface area (Å²) in [6.07, 6.45) is -5.80. The van der Waals surface area contributed by atoms with E-state index in [-0.39, 0.29) is 18.3 Å². The third-order valence-electron chi connectivity index (χ3n) is 3.35. The van der Waals surface area contributed by atoms with E-state index in [2.05, 4.69) is 0 Å². The SMILES string of the molecule is CCOC(=O)C1=Cc2ccc(C(C)C)cc2OC1C(F)(F)F. The highest BCUT2D eigenvalue weighted by Crippen LogP contribution is 2.38. The van der Waals surface area contributed by atoms with Gasteiger partial charge in [-0.3, -0.25) is 0 Å². The van der Waals surface area contributed by atoms with Crippen LogP contribution in [0, 0.1) is 0 Å². The third-order valence-corrected chi connectivity index (χ3v) is 3.35. The van der Waals surface area contributed by atoms with Crippen LogP contribution in [0.1, 0.15) is 37.8 Å². The fourth-order valence-electron chi connectivity index (χ4n) is 2.19. The maximum Gasteiger partial charge on any atom is 0.430 e. The lowest BCUT2D eigenvalue weighted by Crippen LogP contribution is -2.40. The van der Waals surface area contributed by atoms with Crippen molar-refractivity contribution in [2.24, 2.45) is 0 Å². The summed E-state index contributed by atoms with van der Waals surface area (Å²) in [5, 5.41) is 0. The third kappa shape index (κ3) is 3.26. The van der Waals surface area contributed by atoms with E-state index < -0.39 is 23.8 Å². The quantitative estimate of drug-likeness (QED) is 0.789. The van der Waals surface area contributed by atoms with Gasteiger partial charge in [0.25, 0.3) is 0 Å². The van der Waals surface area contributed by atoms with E-state index in [0.29, 0.717) is 5.56 Å². The molecule has 0 radical (unpaired) electrons. The molecule has 22 heavy (non-hydrogen) atoms. The Bertz CT molecular complexity index is 603. The molecule has 0 aromatic heterocycles. The summed E-state index contributed by atoms with van der Waals surface area (Å²) in [4.78, 5) is 11.8. The van der Waals surface area contributed by atoms with Gasteiger partial charge in [-0.05, 0) is 30.5 Å². The Hall–Kier alpha value is -1.98. The molecule has 0 bridgehead atoms. The first-order valence-electron chi connectivity index (χ1n) is 7.00. The van der Waals surface area contributed by atoms with Crippen LogP contribution in [0.4, 0.5) is 13.2 Å². The predicted octanol–water partition coefficient (Wildman–Crippen LogP) is 4.08. The second kappa shape index (κ2) is 6.02. The number of ether oxygens (including phenoxy) is 2. The van der Waals surface area contributed by atoms with Gasteiger partial charge in [-0.25, -0.2) is 4.79 Å². The summed E-state index contributed by atoms with van der Waals surface area (Å²) < 4.78 is 49.3. The first kappa shape index (κ1) is 16.4. The molecular weight excluding hydrogens is 297 g/mol. The summed E-state index contributed by atoms with van der Waals surface area (Å²) in [5.74, 6) is -0.723. The van der Waals surface area contributed by atoms with Gasteiger partial charge >= 0.3 is 12.1 Å². The number of fused-ring (bicyclic) bond motifs is 1. The normalized spacial score (nSPS) is 17.6. The topological polar surface area (TPSA) is 35.5 Å². The Morgan fingerprint density at radius 2 is 2.05 bits per heavy atom. The van der Waals surface area contributed by atoms with Crippen LogP contribution >= 0.6 is 0 Å². The van der Waals surface area contributed by atoms with Gasteiger partial charge in [0.05, 0.1) is 12.2 Å². The molecule has 1 aromatic carbocycles. The van der Waals surface area contributed by atoms with E-state index in [0.717, 1.165) is 5.56 Å². The zero-order chi connectivity index (χ0) is 16.5. The van der Waals surface area contributed by atoms with Crippen LogP contribution in [0.3, 0.4) is 0 Å². The Balaban J connectivity index is 2.48. The molecule has 0 amide bonds. The predicted molar refractivity (Wildman–Crippen MR) is 75.6 cm³/mol. The van der Waals surface area contributed by atoms with E-state index in [9.17, 15) is 18.0 Å². The summed E-state index contributed by atoms with van der Waals surface area (Å²) in [7, 11) is 0. The molecule has 1 heterocycles. The lowest BCUT2D eigenvalue weighted by atomic mass is 9.96. The molecule has 1 aliphatic heterocycles. The zero-order valence-corrected chi connectivity index (χ0v) is 12.5. The molecular formula is C16H17F3O3. The van der Waals surface area contributed by atoms with Crippen molar-refractivity contribution in [1.29, 1.82) is 0 Å². The van der Waals surface area contributed by atoms with Crippen molar-refractivity contribution >= 4 is 12.0 Å². The molecule has 0 fully saturated rings. The summed E-state index contributed by atoms with van der Waals surface area (Å²) in [5.41, 5.74) is 0.778. The maximum atomic E-state index is 13.2. The number of hydrogen-bond acceptors (Lipinski definition) is 3. The maximum absolute atomic E-state index is 13.2. The van der Waals surface area contributed by atoms with Crippen molar-refractivity contribution in [3.05, 3.63) is 34.9 Å². The summed E-state index contributed by atoms with van der Waals surface area (Å²) in [6, 6.07) is 5.04. The lowest BCUT2D eigenvalue weighted by Gasteiger charge is -2.28. The van der Waals surface area contributed by atoms with Crippen molar-refractivity contribution in [2.75, 3.05) is 6.61 Å². The lowest BCUT2D eigenvalue weighted by molar-refractivity contribution is -0.187. The molecule has 0 N–H and O–H groups in total. The van der Waals surface area contributed by atoms with Gasteiger partial charge in [-0.15, -0.1) is 0 Å². The molecule has 3 nitrogen and oxygen atoms in total. The van der Waals surface area contributed by atoms with Crippen LogP contribution < -0.4 is 4.74 Å². The van der Waals surface area contributed by atoms with Crippen LogP contribution in [0.15, 0.2) is 23.8 Å². The highest BCUT2D eigenvalue weighted by Gasteiger charge is 2.48. The summed E-state index contributed by atoms with van der Waals surface area (Å²) in [6.45, 7) is 5.41. The minimum absolute atomic E-state index is 0.000104. The van der Waals surface area contributed by atoms with Gasteiger partial charge in [0.1, 0.15) is 5.75 Å². The number of carbonyl (C=O) groups excluding carboxylic acids is 1. The molecule has 6 heteroatoms. The molecule has 1 unspecified atom stereocenters. The molecule has 1 aliphatic rings. The van der Waals surface area contributed by atoms with Gasteiger partial charge in [-0.1, -0.05) is 26.0 Å². The van der Waals surface area contributed by atoms with E-state index >= 15 is 0 Å². The highest BCUT2D eigenvalue weighted by atomic mass is 19.4. The van der Waals surface area contributed by atoms with E-state index in [4.69, 9.17) is 9.47 Å². The van der Waals surface area contributed by atoms with Gasteiger partial charge < -0.3 is 9.47 Å². The number of hydrogen-bond donors (Lipinski definition) is 0. The number of rotatable bonds is 3. The van der Waals surface area contributed by atoms with Gasteiger partial charge in [0.2, 0.25) is 6.10 Å². The zero-order valence-electron chi connectivity index (χ0n) is 12.5. The van der Waals surface area contributed by atoms with Gasteiger partial charge in [-0.2, -0.15) is 13.2 Å². The first-order valence-corrected chi connectivity index (χ1v) is 7.00. The van der Waals surface area contributed by atoms with Gasteiger partial charge in [0.15, 0.2) is 0 Å². The molecule has 1 aromatic rings. The minimum atomic E-state index is -4.69. The highest BCUT2D eigenvalue weighted by molar-refractivity contribution is 5.96. The number of esters is 1. The van der Waals surface area contributed by atoms with E-state index in [1.165, 1.54) is 13.0 Å². The van der Waals surface area contributed by atoms with Crippen LogP contribution in [0.5, 0.6) is 5.75 Å². The first-order chi connectivity index (χ1) is 10.2. The Kier molecular flexibility index (Phi) is 4.49. The molecule has 0 aliphatic carbocycles. The number of benzene rings is 1. The number of alkyl halides is 3. The van der Waals surface area contributed by atoms with Crippen molar-refractivity contribution < 1.29 is 27.4 Å².